The molecule has 0 aromatic heterocycles. The van der Waals surface area contributed by atoms with Crippen molar-refractivity contribution in [1.82, 2.24) is 4.90 Å². The highest BCUT2D eigenvalue weighted by Crippen LogP contribution is 2.27. The lowest BCUT2D eigenvalue weighted by molar-refractivity contribution is -0.116. The Kier molecular flexibility index (Phi) is 5.08. The molecule has 108 valence electrons. The van der Waals surface area contributed by atoms with Gasteiger partial charge in [-0.2, -0.15) is 0 Å². The first-order valence-electron chi connectivity index (χ1n) is 7.21. The molecular formula is C14H22ClNO3. The molecule has 0 aromatic rings. The molecular weight excluding hydrogens is 266 g/mol. The van der Waals surface area contributed by atoms with E-state index in [0.29, 0.717) is 25.9 Å². The van der Waals surface area contributed by atoms with Crippen molar-refractivity contribution in [1.29, 1.82) is 0 Å². The van der Waals surface area contributed by atoms with E-state index >= 15 is 0 Å². The summed E-state index contributed by atoms with van der Waals surface area (Å²) < 4.78 is 5.54. The lowest BCUT2D eigenvalue weighted by atomic mass is 9.89. The number of piperidine rings is 1. The van der Waals surface area contributed by atoms with Crippen LogP contribution in [0.4, 0.5) is 4.79 Å². The van der Waals surface area contributed by atoms with E-state index in [-0.39, 0.29) is 23.4 Å². The fourth-order valence-corrected chi connectivity index (χ4v) is 3.07. The van der Waals surface area contributed by atoms with Crippen molar-refractivity contribution in [3.63, 3.8) is 0 Å². The van der Waals surface area contributed by atoms with E-state index in [1.54, 1.807) is 4.90 Å². The standard InChI is InChI=1S/C14H22ClNO3/c1-10-2-4-12(5-3-10)19-14(18)16-8-6-11(7-9-16)13(15)17/h10-12H,2-9H2,1H3. The smallest absolute Gasteiger partial charge is 0.410 e. The molecule has 2 fully saturated rings. The molecule has 2 rings (SSSR count). The van der Waals surface area contributed by atoms with Crippen LogP contribution in [-0.2, 0) is 9.53 Å². The number of hydrogen-bond donors (Lipinski definition) is 0. The number of carbonyl (C=O) groups excluding carboxylic acids is 2. The van der Waals surface area contributed by atoms with E-state index in [4.69, 9.17) is 16.3 Å². The number of carbonyl (C=O) groups is 2. The summed E-state index contributed by atoms with van der Waals surface area (Å²) in [6, 6.07) is 0. The average Bonchev–Trinajstić information content (AvgIpc) is 2.41. The quantitative estimate of drug-likeness (QED) is 0.733. The second-order valence-corrected chi connectivity index (χ2v) is 6.20. The maximum Gasteiger partial charge on any atom is 0.410 e. The SMILES string of the molecule is CC1CCC(OC(=O)N2CCC(C(=O)Cl)CC2)CC1. The monoisotopic (exact) mass is 287 g/mol. The van der Waals surface area contributed by atoms with Crippen molar-refractivity contribution >= 4 is 22.9 Å². The van der Waals surface area contributed by atoms with Gasteiger partial charge in [-0.1, -0.05) is 6.92 Å². The van der Waals surface area contributed by atoms with Crippen molar-refractivity contribution in [3.05, 3.63) is 0 Å². The zero-order chi connectivity index (χ0) is 13.8. The van der Waals surface area contributed by atoms with Gasteiger partial charge in [0.1, 0.15) is 6.10 Å². The normalized spacial score (nSPS) is 29.1. The van der Waals surface area contributed by atoms with Crippen molar-refractivity contribution < 1.29 is 14.3 Å². The predicted molar refractivity (Wildman–Crippen MR) is 73.1 cm³/mol. The summed E-state index contributed by atoms with van der Waals surface area (Å²) >= 11 is 5.48. The van der Waals surface area contributed by atoms with Crippen LogP contribution in [0.5, 0.6) is 0 Å². The summed E-state index contributed by atoms with van der Waals surface area (Å²) in [5.41, 5.74) is 0. The topological polar surface area (TPSA) is 46.6 Å². The number of hydrogen-bond acceptors (Lipinski definition) is 3. The molecule has 0 radical (unpaired) electrons. The Balaban J connectivity index is 1.74. The molecule has 4 nitrogen and oxygen atoms in total. The van der Waals surface area contributed by atoms with Crippen LogP contribution in [0.25, 0.3) is 0 Å². The average molecular weight is 288 g/mol. The number of rotatable bonds is 2. The summed E-state index contributed by atoms with van der Waals surface area (Å²) in [5, 5.41) is -0.283. The molecule has 5 heteroatoms. The maximum absolute atomic E-state index is 12.0. The van der Waals surface area contributed by atoms with Gasteiger partial charge < -0.3 is 9.64 Å². The van der Waals surface area contributed by atoms with Gasteiger partial charge in [0.2, 0.25) is 5.24 Å². The van der Waals surface area contributed by atoms with Crippen molar-refractivity contribution in [3.8, 4) is 0 Å². The molecule has 0 N–H and O–H groups in total. The summed E-state index contributed by atoms with van der Waals surface area (Å²) in [6.45, 7) is 3.39. The van der Waals surface area contributed by atoms with Crippen LogP contribution in [0.2, 0.25) is 0 Å². The second kappa shape index (κ2) is 6.60. The van der Waals surface area contributed by atoms with Gasteiger partial charge in [0.05, 0.1) is 0 Å². The zero-order valence-corrected chi connectivity index (χ0v) is 12.2. The predicted octanol–water partition coefficient (Wildman–Crippen LogP) is 3.18. The van der Waals surface area contributed by atoms with Gasteiger partial charge in [0.15, 0.2) is 0 Å². The Morgan fingerprint density at radius 3 is 2.16 bits per heavy atom. The van der Waals surface area contributed by atoms with Crippen LogP contribution >= 0.6 is 11.6 Å². The molecule has 1 heterocycles. The summed E-state index contributed by atoms with van der Waals surface area (Å²) in [5.74, 6) is 0.654. The fourth-order valence-electron chi connectivity index (χ4n) is 2.85. The molecule has 0 unspecified atom stereocenters. The molecule has 1 aliphatic carbocycles. The first-order valence-corrected chi connectivity index (χ1v) is 7.59. The van der Waals surface area contributed by atoms with Crippen LogP contribution in [-0.4, -0.2) is 35.4 Å². The minimum Gasteiger partial charge on any atom is -0.446 e. The molecule has 0 bridgehead atoms. The molecule has 1 saturated carbocycles. The van der Waals surface area contributed by atoms with Crippen LogP contribution in [0.15, 0.2) is 0 Å². The van der Waals surface area contributed by atoms with Gasteiger partial charge in [-0.3, -0.25) is 4.79 Å². The Bertz CT molecular complexity index is 332. The fraction of sp³-hybridized carbons (Fsp3) is 0.857. The van der Waals surface area contributed by atoms with E-state index in [1.807, 2.05) is 0 Å². The van der Waals surface area contributed by atoms with Gasteiger partial charge in [0, 0.05) is 19.0 Å². The van der Waals surface area contributed by atoms with Crippen LogP contribution < -0.4 is 0 Å². The minimum atomic E-state index is -0.283. The first kappa shape index (κ1) is 14.6. The number of amides is 1. The molecule has 2 aliphatic rings. The highest BCUT2D eigenvalue weighted by Gasteiger charge is 2.29. The highest BCUT2D eigenvalue weighted by atomic mass is 35.5. The first-order chi connectivity index (χ1) is 9.06. The Hall–Kier alpha value is -0.770. The molecule has 19 heavy (non-hydrogen) atoms. The van der Waals surface area contributed by atoms with Crippen LogP contribution in [0.1, 0.15) is 45.4 Å². The molecule has 0 spiro atoms. The third-order valence-corrected chi connectivity index (χ3v) is 4.61. The second-order valence-electron chi connectivity index (χ2n) is 5.83. The largest absolute Gasteiger partial charge is 0.446 e. The summed E-state index contributed by atoms with van der Waals surface area (Å²) in [6.07, 6.45) is 5.39. The molecule has 0 atom stereocenters. The zero-order valence-electron chi connectivity index (χ0n) is 11.4. The third kappa shape index (κ3) is 4.10. The lowest BCUT2D eigenvalue weighted by Crippen LogP contribution is -2.41. The van der Waals surface area contributed by atoms with E-state index in [9.17, 15) is 9.59 Å². The highest BCUT2D eigenvalue weighted by molar-refractivity contribution is 6.63. The van der Waals surface area contributed by atoms with Gasteiger partial charge in [-0.15, -0.1) is 0 Å². The van der Waals surface area contributed by atoms with Crippen molar-refractivity contribution in [2.75, 3.05) is 13.1 Å². The third-order valence-electron chi connectivity index (χ3n) is 4.30. The van der Waals surface area contributed by atoms with Crippen molar-refractivity contribution in [2.45, 2.75) is 51.6 Å². The van der Waals surface area contributed by atoms with E-state index in [1.165, 1.54) is 0 Å². The number of likely N-dealkylation sites (tertiary alicyclic amines) is 1. The Morgan fingerprint density at radius 2 is 1.63 bits per heavy atom. The Labute approximate surface area is 119 Å². The van der Waals surface area contributed by atoms with Crippen LogP contribution in [0.3, 0.4) is 0 Å². The van der Waals surface area contributed by atoms with E-state index < -0.39 is 0 Å². The summed E-state index contributed by atoms with van der Waals surface area (Å²) in [4.78, 5) is 24.8. The number of halogens is 1. The maximum atomic E-state index is 12.0. The number of ether oxygens (including phenoxy) is 1. The van der Waals surface area contributed by atoms with Gasteiger partial charge in [-0.05, 0) is 56.0 Å². The molecule has 1 aliphatic heterocycles. The molecule has 1 amide bonds. The van der Waals surface area contributed by atoms with E-state index in [0.717, 1.165) is 31.6 Å². The number of nitrogens with zero attached hydrogens (tertiary/aromatic N) is 1. The van der Waals surface area contributed by atoms with Gasteiger partial charge in [0.25, 0.3) is 0 Å². The lowest BCUT2D eigenvalue weighted by Gasteiger charge is -2.32. The van der Waals surface area contributed by atoms with E-state index in [2.05, 4.69) is 6.92 Å². The van der Waals surface area contributed by atoms with Crippen LogP contribution in [0, 0.1) is 11.8 Å². The van der Waals surface area contributed by atoms with Gasteiger partial charge >= 0.3 is 6.09 Å². The van der Waals surface area contributed by atoms with Gasteiger partial charge in [-0.25, -0.2) is 4.79 Å². The molecule has 1 saturated heterocycles. The van der Waals surface area contributed by atoms with Crippen molar-refractivity contribution in [2.24, 2.45) is 11.8 Å². The minimum absolute atomic E-state index is 0.0797. The summed E-state index contributed by atoms with van der Waals surface area (Å²) in [7, 11) is 0. The Morgan fingerprint density at radius 1 is 1.05 bits per heavy atom. The molecule has 0 aromatic carbocycles.